The molecular formula is C15H15N3O2. The van der Waals surface area contributed by atoms with E-state index in [2.05, 4.69) is 15.6 Å². The molecular weight excluding hydrogens is 254 g/mol. The van der Waals surface area contributed by atoms with E-state index in [9.17, 15) is 9.59 Å². The SMILES string of the molecule is CCNC(=O)c1cccc(C(=O)Nc2ccccn2)c1. The van der Waals surface area contributed by atoms with Gasteiger partial charge in [-0.25, -0.2) is 4.98 Å². The van der Waals surface area contributed by atoms with Crippen molar-refractivity contribution in [2.24, 2.45) is 0 Å². The zero-order valence-electron chi connectivity index (χ0n) is 11.1. The second kappa shape index (κ2) is 6.47. The molecule has 0 aliphatic heterocycles. The Morgan fingerprint density at radius 2 is 1.80 bits per heavy atom. The monoisotopic (exact) mass is 269 g/mol. The fourth-order valence-electron chi connectivity index (χ4n) is 1.69. The largest absolute Gasteiger partial charge is 0.352 e. The van der Waals surface area contributed by atoms with Crippen molar-refractivity contribution in [1.82, 2.24) is 10.3 Å². The molecule has 0 saturated heterocycles. The van der Waals surface area contributed by atoms with Gasteiger partial charge in [0.25, 0.3) is 11.8 Å². The highest BCUT2D eigenvalue weighted by Crippen LogP contribution is 2.08. The van der Waals surface area contributed by atoms with Crippen molar-refractivity contribution in [1.29, 1.82) is 0 Å². The molecule has 0 saturated carbocycles. The van der Waals surface area contributed by atoms with E-state index >= 15 is 0 Å². The molecule has 5 nitrogen and oxygen atoms in total. The van der Waals surface area contributed by atoms with Gasteiger partial charge < -0.3 is 10.6 Å². The Balaban J connectivity index is 2.14. The van der Waals surface area contributed by atoms with E-state index in [1.807, 2.05) is 6.92 Å². The first-order chi connectivity index (χ1) is 9.70. The van der Waals surface area contributed by atoms with Gasteiger partial charge >= 0.3 is 0 Å². The van der Waals surface area contributed by atoms with Crippen LogP contribution >= 0.6 is 0 Å². The predicted octanol–water partition coefficient (Wildman–Crippen LogP) is 2.08. The van der Waals surface area contributed by atoms with Gasteiger partial charge in [0.15, 0.2) is 0 Å². The molecule has 0 atom stereocenters. The Bertz CT molecular complexity index is 612. The molecule has 2 aromatic rings. The summed E-state index contributed by atoms with van der Waals surface area (Å²) in [7, 11) is 0. The van der Waals surface area contributed by atoms with Crippen LogP contribution < -0.4 is 10.6 Å². The van der Waals surface area contributed by atoms with Crippen LogP contribution in [0.4, 0.5) is 5.82 Å². The minimum atomic E-state index is -0.296. The maximum atomic E-state index is 12.1. The minimum Gasteiger partial charge on any atom is -0.352 e. The summed E-state index contributed by atoms with van der Waals surface area (Å²) in [5.74, 6) is -0.0178. The lowest BCUT2D eigenvalue weighted by Gasteiger charge is -2.06. The second-order valence-electron chi connectivity index (χ2n) is 4.11. The third-order valence-corrected chi connectivity index (χ3v) is 2.63. The van der Waals surface area contributed by atoms with Crippen LogP contribution in [-0.2, 0) is 0 Å². The third-order valence-electron chi connectivity index (χ3n) is 2.63. The maximum absolute atomic E-state index is 12.1. The molecule has 102 valence electrons. The molecule has 2 N–H and O–H groups in total. The molecule has 20 heavy (non-hydrogen) atoms. The summed E-state index contributed by atoms with van der Waals surface area (Å²) in [5.41, 5.74) is 0.875. The number of rotatable bonds is 4. The number of anilines is 1. The quantitative estimate of drug-likeness (QED) is 0.892. The van der Waals surface area contributed by atoms with Gasteiger partial charge in [0.2, 0.25) is 0 Å². The number of aromatic nitrogens is 1. The topological polar surface area (TPSA) is 71.1 Å². The first-order valence-electron chi connectivity index (χ1n) is 6.31. The molecule has 0 unspecified atom stereocenters. The van der Waals surface area contributed by atoms with Crippen LogP contribution in [0.15, 0.2) is 48.7 Å². The molecule has 0 aliphatic carbocycles. The van der Waals surface area contributed by atoms with Gasteiger partial charge in [-0.2, -0.15) is 0 Å². The lowest BCUT2D eigenvalue weighted by atomic mass is 10.1. The number of hydrogen-bond donors (Lipinski definition) is 2. The third kappa shape index (κ3) is 3.41. The summed E-state index contributed by atoms with van der Waals surface area (Å²) in [6.45, 7) is 2.39. The van der Waals surface area contributed by atoms with Gasteiger partial charge in [0, 0.05) is 23.9 Å². The van der Waals surface area contributed by atoms with Crippen LogP contribution in [0.25, 0.3) is 0 Å². The summed E-state index contributed by atoms with van der Waals surface area (Å²) < 4.78 is 0. The van der Waals surface area contributed by atoms with Gasteiger partial charge in [0.1, 0.15) is 5.82 Å². The zero-order valence-corrected chi connectivity index (χ0v) is 11.1. The Hall–Kier alpha value is -2.69. The highest BCUT2D eigenvalue weighted by Gasteiger charge is 2.10. The molecule has 0 radical (unpaired) electrons. The lowest BCUT2D eigenvalue weighted by molar-refractivity contribution is 0.0956. The minimum absolute atomic E-state index is 0.194. The van der Waals surface area contributed by atoms with Crippen molar-refractivity contribution in [3.8, 4) is 0 Å². The molecule has 1 heterocycles. The average molecular weight is 269 g/mol. The Morgan fingerprint density at radius 3 is 2.45 bits per heavy atom. The lowest BCUT2D eigenvalue weighted by Crippen LogP contribution is -2.23. The molecule has 5 heteroatoms. The second-order valence-corrected chi connectivity index (χ2v) is 4.11. The highest BCUT2D eigenvalue weighted by atomic mass is 16.2. The van der Waals surface area contributed by atoms with Crippen molar-refractivity contribution in [3.05, 3.63) is 59.8 Å². The fourth-order valence-corrected chi connectivity index (χ4v) is 1.69. The summed E-state index contributed by atoms with van der Waals surface area (Å²) in [5, 5.41) is 5.37. The van der Waals surface area contributed by atoms with Crippen molar-refractivity contribution < 1.29 is 9.59 Å². The van der Waals surface area contributed by atoms with Crippen molar-refractivity contribution in [2.45, 2.75) is 6.92 Å². The number of pyridine rings is 1. The Morgan fingerprint density at radius 1 is 1.05 bits per heavy atom. The number of nitrogens with zero attached hydrogens (tertiary/aromatic N) is 1. The van der Waals surface area contributed by atoms with Gasteiger partial charge in [-0.1, -0.05) is 12.1 Å². The summed E-state index contributed by atoms with van der Waals surface area (Å²) in [4.78, 5) is 27.8. The number of carbonyl (C=O) groups is 2. The maximum Gasteiger partial charge on any atom is 0.256 e. The van der Waals surface area contributed by atoms with Gasteiger partial charge in [-0.3, -0.25) is 9.59 Å². The number of amides is 2. The normalized spacial score (nSPS) is 9.85. The van der Waals surface area contributed by atoms with E-state index in [0.29, 0.717) is 23.5 Å². The van der Waals surface area contributed by atoms with Crippen LogP contribution in [-0.4, -0.2) is 23.3 Å². The van der Waals surface area contributed by atoms with Crippen molar-refractivity contribution >= 4 is 17.6 Å². The van der Waals surface area contributed by atoms with Crippen LogP contribution in [0, 0.1) is 0 Å². The molecule has 0 aliphatic rings. The van der Waals surface area contributed by atoms with E-state index in [0.717, 1.165) is 0 Å². The zero-order chi connectivity index (χ0) is 14.4. The van der Waals surface area contributed by atoms with Crippen molar-refractivity contribution in [2.75, 3.05) is 11.9 Å². The molecule has 0 fully saturated rings. The Labute approximate surface area is 117 Å². The molecule has 2 amide bonds. The summed E-state index contributed by atoms with van der Waals surface area (Å²) in [6.07, 6.45) is 1.60. The van der Waals surface area contributed by atoms with Gasteiger partial charge in [-0.05, 0) is 37.3 Å². The van der Waals surface area contributed by atoms with Gasteiger partial charge in [0.05, 0.1) is 0 Å². The molecule has 1 aromatic carbocycles. The first-order valence-corrected chi connectivity index (χ1v) is 6.31. The molecule has 0 spiro atoms. The van der Waals surface area contributed by atoms with Crippen LogP contribution in [0.2, 0.25) is 0 Å². The van der Waals surface area contributed by atoms with E-state index in [4.69, 9.17) is 0 Å². The van der Waals surface area contributed by atoms with Crippen LogP contribution in [0.1, 0.15) is 27.6 Å². The van der Waals surface area contributed by atoms with Crippen LogP contribution in [0.5, 0.6) is 0 Å². The number of hydrogen-bond acceptors (Lipinski definition) is 3. The number of benzene rings is 1. The van der Waals surface area contributed by atoms with E-state index in [-0.39, 0.29) is 11.8 Å². The first kappa shape index (κ1) is 13.7. The van der Waals surface area contributed by atoms with Crippen LogP contribution in [0.3, 0.4) is 0 Å². The standard InChI is InChI=1S/C15H15N3O2/c1-2-16-14(19)11-6-5-7-12(10-11)15(20)18-13-8-3-4-9-17-13/h3-10H,2H2,1H3,(H,16,19)(H,17,18,20). The summed E-state index contributed by atoms with van der Waals surface area (Å²) in [6, 6.07) is 11.8. The number of carbonyl (C=O) groups excluding carboxylic acids is 2. The fraction of sp³-hybridized carbons (Fsp3) is 0.133. The summed E-state index contributed by atoms with van der Waals surface area (Å²) >= 11 is 0. The van der Waals surface area contributed by atoms with E-state index in [1.165, 1.54) is 0 Å². The average Bonchev–Trinajstić information content (AvgIpc) is 2.48. The smallest absolute Gasteiger partial charge is 0.256 e. The van der Waals surface area contributed by atoms with E-state index in [1.54, 1.807) is 48.7 Å². The van der Waals surface area contributed by atoms with E-state index < -0.39 is 0 Å². The highest BCUT2D eigenvalue weighted by molar-refractivity contribution is 6.05. The molecule has 1 aromatic heterocycles. The molecule has 0 bridgehead atoms. The van der Waals surface area contributed by atoms with Crippen molar-refractivity contribution in [3.63, 3.8) is 0 Å². The predicted molar refractivity (Wildman–Crippen MR) is 76.6 cm³/mol. The Kier molecular flexibility index (Phi) is 4.44. The molecule has 2 rings (SSSR count). The van der Waals surface area contributed by atoms with Gasteiger partial charge in [-0.15, -0.1) is 0 Å². The number of nitrogens with one attached hydrogen (secondary N) is 2.